The smallest absolute Gasteiger partial charge is 0.338 e. The minimum absolute atomic E-state index is 0. The van der Waals surface area contributed by atoms with E-state index in [1.54, 1.807) is 51.1 Å². The third-order valence-corrected chi connectivity index (χ3v) is 9.64. The number of hydrogen-bond donors (Lipinski definition) is 5. The maximum Gasteiger partial charge on any atom is 0.338 e. The normalized spacial score (nSPS) is 43.1. The summed E-state index contributed by atoms with van der Waals surface area (Å²) in [5.41, 5.74) is -6.24. The second-order valence-electron chi connectivity index (χ2n) is 11.6. The zero-order chi connectivity index (χ0) is 26.4. The molecule has 2 radical (unpaired) electrons. The molecule has 7 unspecified atom stereocenters. The molecule has 1 aromatic rings. The number of ketones is 1. The van der Waals surface area contributed by atoms with Crippen LogP contribution >= 0.6 is 0 Å². The first kappa shape index (κ1) is 33.2. The van der Waals surface area contributed by atoms with Gasteiger partial charge in [0, 0.05) is 112 Å². The van der Waals surface area contributed by atoms with E-state index in [-0.39, 0.29) is 119 Å². The number of carbonyl (C=O) groups is 2. The van der Waals surface area contributed by atoms with Crippen LogP contribution in [-0.4, -0.2) is 85.6 Å². The number of aliphatic hydroxyl groups is 5. The molecular formula is C27H34Ac2O9. The molecule has 38 heavy (non-hydrogen) atoms. The molecule has 1 aromatic carbocycles. The summed E-state index contributed by atoms with van der Waals surface area (Å²) >= 11 is 0. The summed E-state index contributed by atoms with van der Waals surface area (Å²) in [7, 11) is 0. The molecule has 3 fully saturated rings. The maximum atomic E-state index is 14.0. The Bertz CT molecular complexity index is 1140. The van der Waals surface area contributed by atoms with Crippen LogP contribution in [0.1, 0.15) is 50.9 Å². The molecule has 1 saturated heterocycles. The number of rotatable bonds is 2. The van der Waals surface area contributed by atoms with Crippen molar-refractivity contribution >= 4 is 11.8 Å². The van der Waals surface area contributed by atoms with Crippen molar-refractivity contribution in [3.05, 3.63) is 47.0 Å². The van der Waals surface area contributed by atoms with E-state index in [9.17, 15) is 35.1 Å². The molecule has 9 atom stereocenters. The molecule has 4 aliphatic rings. The Hall–Kier alpha value is 0.743. The van der Waals surface area contributed by atoms with E-state index in [0.29, 0.717) is 5.57 Å². The van der Waals surface area contributed by atoms with E-state index >= 15 is 0 Å². The first-order chi connectivity index (χ1) is 16.7. The van der Waals surface area contributed by atoms with Gasteiger partial charge in [0.25, 0.3) is 0 Å². The van der Waals surface area contributed by atoms with Gasteiger partial charge in [0.2, 0.25) is 0 Å². The van der Waals surface area contributed by atoms with Crippen molar-refractivity contribution in [2.24, 2.45) is 16.7 Å². The number of fused-ring (bicyclic) bond motifs is 5. The zero-order valence-corrected chi connectivity index (χ0v) is 31.5. The fourth-order valence-corrected chi connectivity index (χ4v) is 7.26. The first-order valence-electron chi connectivity index (χ1n) is 12.3. The standard InChI is InChI=1S/C27H34O9.2Ac/c1-13-15(28)11-27(34)22(36-23(32)14-8-6-5-7-9-14)20-25(4,16(29)10-17-26(20,33)12-35-17)21(31)19(30)18(13)24(27,2)3;;/h5-9,15-17,19-20,22,28-30,33-34H,10-12H2,1-4H3;;/t15?,16?,17?,19?,20?,22?,25-,26+,27?;;/m1../s1. The minimum Gasteiger partial charge on any atom is -0.455 e. The number of Topliss-reactive ketones (excluding diaryl/α,β-unsaturated/α-hetero) is 1. The van der Waals surface area contributed by atoms with Crippen molar-refractivity contribution in [2.45, 2.75) is 82.3 Å². The molecule has 1 heterocycles. The van der Waals surface area contributed by atoms with Crippen molar-refractivity contribution in [3.63, 3.8) is 0 Å². The molecule has 0 spiro atoms. The summed E-state index contributed by atoms with van der Waals surface area (Å²) in [5.74, 6) is -2.89. The van der Waals surface area contributed by atoms with Gasteiger partial charge in [0.05, 0.1) is 35.9 Å². The average Bonchev–Trinajstić information content (AvgIpc) is 2.83. The molecule has 1 aliphatic heterocycles. The number of benzene rings is 1. The Kier molecular flexibility index (Phi) is 9.71. The first-order valence-corrected chi connectivity index (χ1v) is 12.3. The summed E-state index contributed by atoms with van der Waals surface area (Å²) < 4.78 is 11.6. The van der Waals surface area contributed by atoms with Crippen LogP contribution in [0, 0.1) is 105 Å². The van der Waals surface area contributed by atoms with E-state index in [2.05, 4.69) is 0 Å². The van der Waals surface area contributed by atoms with Gasteiger partial charge in [-0.3, -0.25) is 4.79 Å². The molecule has 202 valence electrons. The molecule has 5 N–H and O–H groups in total. The Morgan fingerprint density at radius 1 is 1.05 bits per heavy atom. The molecule has 0 aromatic heterocycles. The van der Waals surface area contributed by atoms with E-state index < -0.39 is 70.2 Å². The van der Waals surface area contributed by atoms with Gasteiger partial charge in [-0.05, 0) is 37.1 Å². The van der Waals surface area contributed by atoms with E-state index in [1.165, 1.54) is 6.92 Å². The SMILES string of the molecule is CC1=C2C(O)C(=O)[C@]3(C)C(O)CC4OC[C@@]4(O)C3C(OC(=O)c3ccccc3)C(O)(CC1O)C2(C)C.[Ac].[Ac]. The molecule has 2 bridgehead atoms. The van der Waals surface area contributed by atoms with Crippen LogP contribution in [-0.2, 0) is 14.3 Å². The fraction of sp³-hybridized carbons (Fsp3) is 0.630. The minimum atomic E-state index is -2.02. The van der Waals surface area contributed by atoms with Gasteiger partial charge in [0.1, 0.15) is 23.4 Å². The molecule has 9 nitrogen and oxygen atoms in total. The quantitative estimate of drug-likeness (QED) is 0.211. The van der Waals surface area contributed by atoms with Gasteiger partial charge >= 0.3 is 5.97 Å². The molecule has 2 saturated carbocycles. The Morgan fingerprint density at radius 2 is 1.66 bits per heavy atom. The van der Waals surface area contributed by atoms with E-state index in [1.807, 2.05) is 0 Å². The van der Waals surface area contributed by atoms with Gasteiger partial charge < -0.3 is 35.0 Å². The predicted octanol–water partition coefficient (Wildman–Crippen LogP) is 0.511. The molecule has 5 rings (SSSR count). The number of ether oxygens (including phenoxy) is 2. The van der Waals surface area contributed by atoms with Gasteiger partial charge in [-0.1, -0.05) is 32.0 Å². The van der Waals surface area contributed by atoms with E-state index in [4.69, 9.17) is 9.47 Å². The Labute approximate surface area is 293 Å². The van der Waals surface area contributed by atoms with Crippen LogP contribution in [0.25, 0.3) is 0 Å². The third kappa shape index (κ3) is 4.45. The van der Waals surface area contributed by atoms with Crippen LogP contribution in [0.5, 0.6) is 0 Å². The van der Waals surface area contributed by atoms with Gasteiger partial charge in [-0.15, -0.1) is 0 Å². The van der Waals surface area contributed by atoms with Crippen molar-refractivity contribution in [3.8, 4) is 0 Å². The van der Waals surface area contributed by atoms with Crippen LogP contribution in [0.3, 0.4) is 0 Å². The van der Waals surface area contributed by atoms with Crippen molar-refractivity contribution in [2.75, 3.05) is 6.61 Å². The second-order valence-corrected chi connectivity index (χ2v) is 11.6. The largest absolute Gasteiger partial charge is 0.455 e. The van der Waals surface area contributed by atoms with Crippen molar-refractivity contribution in [1.82, 2.24) is 0 Å². The second kappa shape index (κ2) is 11.1. The Morgan fingerprint density at radius 3 is 2.21 bits per heavy atom. The number of esters is 1. The summed E-state index contributed by atoms with van der Waals surface area (Å²) in [6.45, 7) is 6.07. The zero-order valence-electron chi connectivity index (χ0n) is 22.0. The van der Waals surface area contributed by atoms with Crippen LogP contribution in [0.4, 0.5) is 0 Å². The number of hydrogen-bond acceptors (Lipinski definition) is 9. The van der Waals surface area contributed by atoms with E-state index in [0.717, 1.165) is 0 Å². The predicted molar refractivity (Wildman–Crippen MR) is 126 cm³/mol. The maximum absolute atomic E-state index is 14.0. The van der Waals surface area contributed by atoms with Crippen molar-refractivity contribution in [1.29, 1.82) is 0 Å². The summed E-state index contributed by atoms with van der Waals surface area (Å²) in [5, 5.41) is 57.9. The van der Waals surface area contributed by atoms with Crippen LogP contribution in [0.2, 0.25) is 0 Å². The summed E-state index contributed by atoms with van der Waals surface area (Å²) in [6.07, 6.45) is -7.08. The van der Waals surface area contributed by atoms with Crippen LogP contribution in [0.15, 0.2) is 41.5 Å². The molecule has 3 aliphatic carbocycles. The van der Waals surface area contributed by atoms with Gasteiger partial charge in [-0.25, -0.2) is 4.79 Å². The van der Waals surface area contributed by atoms with Gasteiger partial charge in [0.15, 0.2) is 5.78 Å². The third-order valence-electron chi connectivity index (χ3n) is 9.64. The molecule has 0 amide bonds. The summed E-state index contributed by atoms with van der Waals surface area (Å²) in [4.78, 5) is 27.4. The summed E-state index contributed by atoms with van der Waals surface area (Å²) in [6, 6.07) is 8.12. The Balaban J connectivity index is 0.00000200. The fourth-order valence-electron chi connectivity index (χ4n) is 7.26. The van der Waals surface area contributed by atoms with Crippen molar-refractivity contribution < 1.29 is 133 Å². The monoisotopic (exact) mass is 956 g/mol. The topological polar surface area (TPSA) is 154 Å². The average molecular weight is 957 g/mol. The number of aliphatic hydroxyl groups excluding tert-OH is 3. The van der Waals surface area contributed by atoms with Gasteiger partial charge in [-0.2, -0.15) is 0 Å². The van der Waals surface area contributed by atoms with Crippen LogP contribution < -0.4 is 0 Å². The molecular weight excluding hydrogens is 922 g/mol. The molecule has 11 heteroatoms. The number of carbonyl (C=O) groups excluding carboxylic acids is 2.